The summed E-state index contributed by atoms with van der Waals surface area (Å²) in [7, 11) is 0. The van der Waals surface area contributed by atoms with E-state index in [0.717, 1.165) is 30.4 Å². The summed E-state index contributed by atoms with van der Waals surface area (Å²) in [4.78, 5) is 21.8. The van der Waals surface area contributed by atoms with Crippen LogP contribution in [0.25, 0.3) is 11.4 Å². The highest BCUT2D eigenvalue weighted by Crippen LogP contribution is 2.28. The van der Waals surface area contributed by atoms with Crippen LogP contribution < -0.4 is 10.1 Å². The molecule has 0 spiro atoms. The number of carbonyl (C=O) groups is 1. The zero-order chi connectivity index (χ0) is 20.9. The molecule has 3 aromatic rings. The van der Waals surface area contributed by atoms with Crippen LogP contribution >= 0.6 is 0 Å². The molecule has 0 bridgehead atoms. The Kier molecular flexibility index (Phi) is 6.02. The van der Waals surface area contributed by atoms with Crippen molar-refractivity contribution in [3.63, 3.8) is 0 Å². The van der Waals surface area contributed by atoms with Gasteiger partial charge in [-0.15, -0.1) is 0 Å². The van der Waals surface area contributed by atoms with Gasteiger partial charge in [-0.1, -0.05) is 24.1 Å². The van der Waals surface area contributed by atoms with Crippen molar-refractivity contribution in [2.45, 2.75) is 32.2 Å². The van der Waals surface area contributed by atoms with Crippen molar-refractivity contribution in [2.75, 3.05) is 6.61 Å². The summed E-state index contributed by atoms with van der Waals surface area (Å²) < 4.78 is 18.9. The number of hydrogen-bond donors (Lipinski definition) is 1. The molecule has 5 nitrogen and oxygen atoms in total. The molecule has 0 radical (unpaired) electrons. The first-order valence-electron chi connectivity index (χ1n) is 10.2. The van der Waals surface area contributed by atoms with Crippen molar-refractivity contribution in [3.8, 4) is 17.1 Å². The topological polar surface area (TPSA) is 64.1 Å². The minimum Gasteiger partial charge on any atom is -0.493 e. The number of rotatable bonds is 6. The summed E-state index contributed by atoms with van der Waals surface area (Å²) in [5.74, 6) is 0.964. The van der Waals surface area contributed by atoms with E-state index in [1.54, 1.807) is 30.6 Å². The standard InChI is InChI=1S/C24H24FN3O2/c1-16-6-11-20(23-26-12-3-13-27-23)21(14-16)24(29)28-22-5-2-4-17(22)15-30-19-9-7-18(25)8-10-19/h3,6-14,17,22H,2,4-5,15H2,1H3,(H,28,29)/t17-,22+/m1/s1. The molecule has 2 aromatic carbocycles. The van der Waals surface area contributed by atoms with E-state index in [-0.39, 0.29) is 23.7 Å². The number of benzene rings is 2. The summed E-state index contributed by atoms with van der Waals surface area (Å²) in [6.07, 6.45) is 6.26. The summed E-state index contributed by atoms with van der Waals surface area (Å²) in [5, 5.41) is 3.19. The van der Waals surface area contributed by atoms with E-state index >= 15 is 0 Å². The number of hydrogen-bond acceptors (Lipinski definition) is 4. The molecule has 0 unspecified atom stereocenters. The number of carbonyl (C=O) groups excluding carboxylic acids is 1. The average molecular weight is 405 g/mol. The molecule has 30 heavy (non-hydrogen) atoms. The number of aryl methyl sites for hydroxylation is 1. The highest BCUT2D eigenvalue weighted by Gasteiger charge is 2.30. The van der Waals surface area contributed by atoms with Gasteiger partial charge in [0.15, 0.2) is 5.82 Å². The monoisotopic (exact) mass is 405 g/mol. The number of nitrogens with zero attached hydrogens (tertiary/aromatic N) is 2. The first-order valence-corrected chi connectivity index (χ1v) is 10.2. The maximum Gasteiger partial charge on any atom is 0.252 e. The second-order valence-corrected chi connectivity index (χ2v) is 7.66. The Balaban J connectivity index is 1.46. The molecule has 1 saturated carbocycles. The Bertz CT molecular complexity index is 1010. The maximum atomic E-state index is 13.2. The minimum atomic E-state index is -0.287. The van der Waals surface area contributed by atoms with Crippen LogP contribution in [0, 0.1) is 18.7 Å². The Morgan fingerprint density at radius 3 is 2.67 bits per heavy atom. The molecule has 1 aliphatic rings. The molecular weight excluding hydrogens is 381 g/mol. The fraction of sp³-hybridized carbons (Fsp3) is 0.292. The predicted octanol–water partition coefficient (Wildman–Crippen LogP) is 4.57. The molecule has 1 aromatic heterocycles. The van der Waals surface area contributed by atoms with E-state index in [0.29, 0.717) is 23.7 Å². The SMILES string of the molecule is Cc1ccc(-c2ncccn2)c(C(=O)N[C@H]2CCC[C@@H]2COc2ccc(F)cc2)c1. The van der Waals surface area contributed by atoms with Gasteiger partial charge in [-0.25, -0.2) is 14.4 Å². The van der Waals surface area contributed by atoms with Gasteiger partial charge in [0, 0.05) is 29.9 Å². The summed E-state index contributed by atoms with van der Waals surface area (Å²) in [5.41, 5.74) is 2.30. The van der Waals surface area contributed by atoms with E-state index in [2.05, 4.69) is 15.3 Å². The lowest BCUT2D eigenvalue weighted by Gasteiger charge is -2.22. The Hall–Kier alpha value is -3.28. The van der Waals surface area contributed by atoms with E-state index in [1.807, 2.05) is 25.1 Å². The van der Waals surface area contributed by atoms with Gasteiger partial charge in [-0.05, 0) is 56.2 Å². The van der Waals surface area contributed by atoms with Gasteiger partial charge in [0.2, 0.25) is 0 Å². The van der Waals surface area contributed by atoms with Crippen LogP contribution in [0.5, 0.6) is 5.75 Å². The number of nitrogens with one attached hydrogen (secondary N) is 1. The molecule has 1 N–H and O–H groups in total. The molecule has 6 heteroatoms. The van der Waals surface area contributed by atoms with Crippen LogP contribution in [0.3, 0.4) is 0 Å². The summed E-state index contributed by atoms with van der Waals surface area (Å²) >= 11 is 0. The second-order valence-electron chi connectivity index (χ2n) is 7.66. The highest BCUT2D eigenvalue weighted by atomic mass is 19.1. The lowest BCUT2D eigenvalue weighted by atomic mass is 10.0. The molecule has 1 amide bonds. The summed E-state index contributed by atoms with van der Waals surface area (Å²) in [6.45, 7) is 2.44. The van der Waals surface area contributed by atoms with Crippen molar-refractivity contribution >= 4 is 5.91 Å². The molecule has 4 rings (SSSR count). The first kappa shape index (κ1) is 20.0. The van der Waals surface area contributed by atoms with Gasteiger partial charge < -0.3 is 10.1 Å². The van der Waals surface area contributed by atoms with Gasteiger partial charge in [0.25, 0.3) is 5.91 Å². The lowest BCUT2D eigenvalue weighted by Crippen LogP contribution is -2.39. The van der Waals surface area contributed by atoms with E-state index in [4.69, 9.17) is 4.74 Å². The van der Waals surface area contributed by atoms with Crippen LogP contribution in [0.4, 0.5) is 4.39 Å². The number of halogens is 1. The molecule has 1 heterocycles. The number of amides is 1. The smallest absolute Gasteiger partial charge is 0.252 e. The molecule has 1 fully saturated rings. The minimum absolute atomic E-state index is 0.0306. The van der Waals surface area contributed by atoms with Crippen LogP contribution in [0.2, 0.25) is 0 Å². The Labute approximate surface area is 175 Å². The fourth-order valence-electron chi connectivity index (χ4n) is 3.89. The second kappa shape index (κ2) is 9.03. The molecule has 2 atom stereocenters. The molecule has 0 saturated heterocycles. The molecule has 1 aliphatic carbocycles. The summed E-state index contributed by atoms with van der Waals surface area (Å²) in [6, 6.07) is 13.5. The average Bonchev–Trinajstić information content (AvgIpc) is 3.20. The third-order valence-corrected chi connectivity index (χ3v) is 5.48. The fourth-order valence-corrected chi connectivity index (χ4v) is 3.89. The molecular formula is C24H24FN3O2. The lowest BCUT2D eigenvalue weighted by molar-refractivity contribution is 0.0919. The number of ether oxygens (including phenoxy) is 1. The number of aromatic nitrogens is 2. The van der Waals surface area contributed by atoms with Gasteiger partial charge in [0.1, 0.15) is 11.6 Å². The van der Waals surface area contributed by atoms with Crippen molar-refractivity contribution in [3.05, 3.63) is 77.9 Å². The predicted molar refractivity (Wildman–Crippen MR) is 113 cm³/mol. The maximum absolute atomic E-state index is 13.2. The highest BCUT2D eigenvalue weighted by molar-refractivity contribution is 6.00. The van der Waals surface area contributed by atoms with Crippen LogP contribution in [-0.2, 0) is 0 Å². The van der Waals surface area contributed by atoms with Crippen molar-refractivity contribution < 1.29 is 13.9 Å². The molecule has 154 valence electrons. The largest absolute Gasteiger partial charge is 0.493 e. The zero-order valence-corrected chi connectivity index (χ0v) is 16.8. The van der Waals surface area contributed by atoms with Crippen LogP contribution in [0.1, 0.15) is 35.2 Å². The third-order valence-electron chi connectivity index (χ3n) is 5.48. The Morgan fingerprint density at radius 2 is 1.90 bits per heavy atom. The van der Waals surface area contributed by atoms with E-state index < -0.39 is 0 Å². The van der Waals surface area contributed by atoms with Crippen molar-refractivity contribution in [1.29, 1.82) is 0 Å². The van der Waals surface area contributed by atoms with Gasteiger partial charge in [-0.2, -0.15) is 0 Å². The van der Waals surface area contributed by atoms with Crippen molar-refractivity contribution in [1.82, 2.24) is 15.3 Å². The van der Waals surface area contributed by atoms with Crippen LogP contribution in [-0.4, -0.2) is 28.5 Å². The normalized spacial score (nSPS) is 18.2. The van der Waals surface area contributed by atoms with Crippen LogP contribution in [0.15, 0.2) is 60.9 Å². The zero-order valence-electron chi connectivity index (χ0n) is 16.8. The Morgan fingerprint density at radius 1 is 1.13 bits per heavy atom. The molecule has 0 aliphatic heterocycles. The quantitative estimate of drug-likeness (QED) is 0.653. The third kappa shape index (κ3) is 4.64. The van der Waals surface area contributed by atoms with E-state index in [1.165, 1.54) is 12.1 Å². The van der Waals surface area contributed by atoms with Gasteiger partial charge >= 0.3 is 0 Å². The van der Waals surface area contributed by atoms with E-state index in [9.17, 15) is 9.18 Å². The van der Waals surface area contributed by atoms with Gasteiger partial charge in [-0.3, -0.25) is 4.79 Å². The van der Waals surface area contributed by atoms with Gasteiger partial charge in [0.05, 0.1) is 12.2 Å². The van der Waals surface area contributed by atoms with Crippen molar-refractivity contribution in [2.24, 2.45) is 5.92 Å². The first-order chi connectivity index (χ1) is 14.6.